The molecule has 1 N–H and O–H groups in total. The highest BCUT2D eigenvalue weighted by molar-refractivity contribution is 6.04. The van der Waals surface area contributed by atoms with Crippen molar-refractivity contribution in [2.24, 2.45) is 0 Å². The van der Waals surface area contributed by atoms with Crippen LogP contribution >= 0.6 is 0 Å². The summed E-state index contributed by atoms with van der Waals surface area (Å²) in [6.07, 6.45) is -1.49. The van der Waals surface area contributed by atoms with Crippen LogP contribution in [0.15, 0.2) is 102 Å². The Kier molecular flexibility index (Phi) is 8.23. The summed E-state index contributed by atoms with van der Waals surface area (Å²) in [6.45, 7) is -0.535. The fourth-order valence-electron chi connectivity index (χ4n) is 4.84. The maximum Gasteiger partial charge on any atom is 0.356 e. The summed E-state index contributed by atoms with van der Waals surface area (Å²) in [6, 6.07) is 27.1. The van der Waals surface area contributed by atoms with Gasteiger partial charge in [0, 0.05) is 13.5 Å². The molecule has 2 amide bonds. The molecule has 1 unspecified atom stereocenters. The monoisotopic (exact) mass is 556 g/mol. The molecular formula is C31H28N2O8. The summed E-state index contributed by atoms with van der Waals surface area (Å²) in [5.41, 5.74) is -0.288. The highest BCUT2D eigenvalue weighted by Gasteiger charge is 2.67. The Hall–Kier alpha value is -4.80. The second-order valence-corrected chi connectivity index (χ2v) is 9.36. The van der Waals surface area contributed by atoms with E-state index in [-0.39, 0.29) is 30.9 Å². The van der Waals surface area contributed by atoms with Gasteiger partial charge in [0.2, 0.25) is 0 Å². The number of aldehydes is 1. The number of para-hydroxylation sites is 1. The van der Waals surface area contributed by atoms with E-state index in [0.717, 1.165) is 16.0 Å². The number of nitrogens with one attached hydrogen (secondary N) is 1. The lowest BCUT2D eigenvalue weighted by atomic mass is 9.93. The van der Waals surface area contributed by atoms with Gasteiger partial charge in [-0.1, -0.05) is 78.9 Å². The number of carbonyl (C=O) groups is 4. The minimum absolute atomic E-state index is 0.113. The maximum atomic E-state index is 13.8. The Morgan fingerprint density at radius 1 is 1.00 bits per heavy atom. The Morgan fingerprint density at radius 2 is 1.59 bits per heavy atom. The van der Waals surface area contributed by atoms with E-state index in [4.69, 9.17) is 18.9 Å². The van der Waals surface area contributed by atoms with E-state index in [1.54, 1.807) is 24.3 Å². The van der Waals surface area contributed by atoms with Crippen LogP contribution in [0.25, 0.3) is 0 Å². The Bertz CT molecular complexity index is 1410. The molecule has 2 atom stereocenters. The summed E-state index contributed by atoms with van der Waals surface area (Å²) in [5, 5.41) is 2.55. The van der Waals surface area contributed by atoms with Crippen LogP contribution in [0.3, 0.4) is 0 Å². The van der Waals surface area contributed by atoms with Gasteiger partial charge in [-0.3, -0.25) is 14.5 Å². The van der Waals surface area contributed by atoms with E-state index in [2.05, 4.69) is 5.32 Å². The zero-order chi connectivity index (χ0) is 28.8. The zero-order valence-electron chi connectivity index (χ0n) is 22.2. The number of hydrogen-bond donors (Lipinski definition) is 1. The first-order valence-corrected chi connectivity index (χ1v) is 12.9. The quantitative estimate of drug-likeness (QED) is 0.166. The van der Waals surface area contributed by atoms with Gasteiger partial charge in [-0.05, 0) is 28.8 Å². The van der Waals surface area contributed by atoms with Crippen molar-refractivity contribution in [2.45, 2.75) is 24.5 Å². The van der Waals surface area contributed by atoms with Crippen molar-refractivity contribution in [1.82, 2.24) is 10.2 Å². The van der Waals surface area contributed by atoms with Crippen molar-refractivity contribution in [3.8, 4) is 5.75 Å². The van der Waals surface area contributed by atoms with Crippen molar-refractivity contribution >= 4 is 24.1 Å². The lowest BCUT2D eigenvalue weighted by Crippen LogP contribution is -2.82. The first kappa shape index (κ1) is 27.8. The summed E-state index contributed by atoms with van der Waals surface area (Å²) in [4.78, 5) is 52.6. The number of benzene rings is 3. The lowest BCUT2D eigenvalue weighted by Gasteiger charge is -2.55. The highest BCUT2D eigenvalue weighted by atomic mass is 16.6. The molecule has 0 aromatic heterocycles. The number of ether oxygens (including phenoxy) is 4. The number of esters is 1. The summed E-state index contributed by atoms with van der Waals surface area (Å²) in [7, 11) is 1.25. The third-order valence-electron chi connectivity index (χ3n) is 6.82. The van der Waals surface area contributed by atoms with Crippen molar-refractivity contribution in [1.29, 1.82) is 0 Å². The number of methoxy groups -OCH3 is 1. The van der Waals surface area contributed by atoms with E-state index in [0.29, 0.717) is 12.0 Å². The molecule has 0 radical (unpaired) electrons. The average molecular weight is 557 g/mol. The molecule has 41 heavy (non-hydrogen) atoms. The molecular weight excluding hydrogens is 528 g/mol. The number of nitrogens with zero attached hydrogens (tertiary/aromatic N) is 1. The minimum Gasteiger partial charge on any atom is -0.484 e. The van der Waals surface area contributed by atoms with Crippen LogP contribution < -0.4 is 10.1 Å². The Morgan fingerprint density at radius 3 is 2.15 bits per heavy atom. The number of β-lactam (4-membered cyclic amide) rings is 1. The number of hydrogen-bond acceptors (Lipinski definition) is 8. The van der Waals surface area contributed by atoms with Crippen LogP contribution in [-0.4, -0.2) is 61.2 Å². The van der Waals surface area contributed by atoms with Crippen LogP contribution in [0.2, 0.25) is 0 Å². The molecule has 1 fully saturated rings. The zero-order valence-corrected chi connectivity index (χ0v) is 22.2. The first-order chi connectivity index (χ1) is 20.0. The van der Waals surface area contributed by atoms with E-state index < -0.39 is 35.8 Å². The summed E-state index contributed by atoms with van der Waals surface area (Å²) in [5.74, 6) is -1.72. The molecule has 0 saturated carbocycles. The first-order valence-electron chi connectivity index (χ1n) is 12.9. The molecule has 5 rings (SSSR count). The number of fused-ring (bicyclic) bond motifs is 1. The third-order valence-corrected chi connectivity index (χ3v) is 6.82. The topological polar surface area (TPSA) is 120 Å². The van der Waals surface area contributed by atoms with Gasteiger partial charge in [-0.2, -0.15) is 0 Å². The van der Waals surface area contributed by atoms with Gasteiger partial charge in [0.05, 0.1) is 6.61 Å². The molecule has 2 aliphatic heterocycles. The second kappa shape index (κ2) is 12.2. The molecule has 1 saturated heterocycles. The van der Waals surface area contributed by atoms with Gasteiger partial charge in [-0.15, -0.1) is 0 Å². The van der Waals surface area contributed by atoms with Crippen molar-refractivity contribution in [3.05, 3.63) is 113 Å². The molecule has 10 nitrogen and oxygen atoms in total. The Balaban J connectivity index is 1.39. The number of amides is 2. The molecule has 3 aromatic carbocycles. The molecule has 2 heterocycles. The minimum atomic E-state index is -1.90. The number of rotatable bonds is 11. The molecule has 10 heteroatoms. The van der Waals surface area contributed by atoms with Gasteiger partial charge < -0.3 is 29.1 Å². The van der Waals surface area contributed by atoms with Crippen LogP contribution in [0.4, 0.5) is 0 Å². The standard InChI is InChI=1S/C31H28N2O8/c1-38-31(32-25(35)20-39-24-15-9-4-10-16-24)29(37)33-26(23(17-18-34)19-40-30(31)33)28(36)41-27(21-11-5-2-6-12-21)22-13-7-3-8-14-22/h2-16,18,27,30H,17,19-20H2,1H3,(H,32,35)/t30?,31-/m0/s1. The van der Waals surface area contributed by atoms with Crippen LogP contribution in [0.1, 0.15) is 23.7 Å². The van der Waals surface area contributed by atoms with Gasteiger partial charge in [0.1, 0.15) is 17.7 Å². The maximum absolute atomic E-state index is 13.8. The third kappa shape index (κ3) is 5.47. The summed E-state index contributed by atoms with van der Waals surface area (Å²) >= 11 is 0. The van der Waals surface area contributed by atoms with Gasteiger partial charge in [-0.25, -0.2) is 4.79 Å². The fraction of sp³-hybridized carbons (Fsp3) is 0.226. The van der Waals surface area contributed by atoms with E-state index >= 15 is 0 Å². The van der Waals surface area contributed by atoms with Gasteiger partial charge >= 0.3 is 5.97 Å². The van der Waals surface area contributed by atoms with E-state index in [1.165, 1.54) is 7.11 Å². The predicted octanol–water partition coefficient (Wildman–Crippen LogP) is 2.90. The smallest absolute Gasteiger partial charge is 0.356 e. The molecule has 2 aliphatic rings. The van der Waals surface area contributed by atoms with Crippen molar-refractivity contribution in [3.63, 3.8) is 0 Å². The molecule has 3 aromatic rings. The largest absolute Gasteiger partial charge is 0.484 e. The van der Waals surface area contributed by atoms with Crippen LogP contribution in [0, 0.1) is 0 Å². The average Bonchev–Trinajstić information content (AvgIpc) is 3.02. The van der Waals surface area contributed by atoms with Crippen LogP contribution in [-0.2, 0) is 33.4 Å². The van der Waals surface area contributed by atoms with Gasteiger partial charge in [0.15, 0.2) is 18.9 Å². The molecule has 0 aliphatic carbocycles. The molecule has 0 bridgehead atoms. The SMILES string of the molecule is CO[C@@]1(NC(=O)COc2ccccc2)C(=O)N2C(C(=O)OC(c3ccccc3)c3ccccc3)=C(CC=O)COC21. The molecule has 210 valence electrons. The second-order valence-electron chi connectivity index (χ2n) is 9.36. The Labute approximate surface area is 236 Å². The van der Waals surface area contributed by atoms with Crippen LogP contribution in [0.5, 0.6) is 5.75 Å². The highest BCUT2D eigenvalue weighted by Crippen LogP contribution is 2.42. The van der Waals surface area contributed by atoms with E-state index in [9.17, 15) is 19.2 Å². The van der Waals surface area contributed by atoms with Gasteiger partial charge in [0.25, 0.3) is 17.5 Å². The summed E-state index contributed by atoms with van der Waals surface area (Å²) < 4.78 is 22.8. The molecule has 0 spiro atoms. The van der Waals surface area contributed by atoms with E-state index in [1.807, 2.05) is 66.7 Å². The lowest BCUT2D eigenvalue weighted by molar-refractivity contribution is -0.258. The normalized spacial score (nSPS) is 19.7. The van der Waals surface area contributed by atoms with Crippen molar-refractivity contribution < 1.29 is 38.1 Å². The van der Waals surface area contributed by atoms with Crippen molar-refractivity contribution in [2.75, 3.05) is 20.3 Å². The predicted molar refractivity (Wildman–Crippen MR) is 145 cm³/mol. The fourth-order valence-corrected chi connectivity index (χ4v) is 4.84. The number of carbonyl (C=O) groups excluding carboxylic acids is 4.